The second-order valence-electron chi connectivity index (χ2n) is 10.5. The number of thioether (sulfide) groups is 1. The number of oxazole rings is 1. The summed E-state index contributed by atoms with van der Waals surface area (Å²) in [6.07, 6.45) is 13.7. The molecule has 0 saturated carbocycles. The lowest BCUT2D eigenvalue weighted by molar-refractivity contribution is -0.138. The molecule has 0 bridgehead atoms. The third-order valence-electron chi connectivity index (χ3n) is 6.66. The van der Waals surface area contributed by atoms with Crippen molar-refractivity contribution in [2.45, 2.75) is 78.8 Å². The number of terminal acetylenes is 1. The van der Waals surface area contributed by atoms with Gasteiger partial charge in [-0.3, -0.25) is 14.4 Å². The number of hydrogen-bond donors (Lipinski definition) is 3. The maximum Gasteiger partial charge on any atom is 0.327 e. The van der Waals surface area contributed by atoms with Gasteiger partial charge >= 0.3 is 5.97 Å². The van der Waals surface area contributed by atoms with Crippen molar-refractivity contribution in [2.24, 2.45) is 10.9 Å². The minimum Gasteiger partial charge on any atom is -0.483 e. The standard InChI is InChI=1S/C29H45N5O6S.C3H4/c1-18(2)23(33-24(35)15-21-11-9-8-10-12-21)17-41-14-13-22(30-5)29-34-26(20(4)40-29)27(37)32-19(3)28(39-7)31-16-25(36)38-6;1-3-2/h11,13,18-19,23,30H,8-10,12,14-17H2,1-7H3,(H,32,37)(H,33,35);1H,2H3. The number of ether oxygens (including phenoxy) is 2. The summed E-state index contributed by atoms with van der Waals surface area (Å²) in [5, 5.41) is 9.07. The van der Waals surface area contributed by atoms with Gasteiger partial charge in [-0.25, -0.2) is 9.98 Å². The summed E-state index contributed by atoms with van der Waals surface area (Å²) < 4.78 is 15.6. The van der Waals surface area contributed by atoms with Crippen molar-refractivity contribution in [3.63, 3.8) is 0 Å². The molecule has 11 nitrogen and oxygen atoms in total. The predicted octanol–water partition coefficient (Wildman–Crippen LogP) is 4.28. The molecule has 0 radical (unpaired) electrons. The molecule has 2 rings (SSSR count). The highest BCUT2D eigenvalue weighted by Gasteiger charge is 2.23. The monoisotopic (exact) mass is 631 g/mol. The average Bonchev–Trinajstić information content (AvgIpc) is 3.38. The fraction of sp³-hybridized carbons (Fsp3) is 0.594. The molecule has 3 N–H and O–H groups in total. The first kappa shape index (κ1) is 38.3. The van der Waals surface area contributed by atoms with Crippen LogP contribution in [0.1, 0.15) is 81.9 Å². The van der Waals surface area contributed by atoms with E-state index in [1.807, 2.05) is 6.08 Å². The number of aromatic nitrogens is 1. The molecule has 2 unspecified atom stereocenters. The summed E-state index contributed by atoms with van der Waals surface area (Å²) in [6.45, 7) is 9.02. The molecular weight excluding hydrogens is 582 g/mol. The molecular formula is C32H49N5O6S. The summed E-state index contributed by atoms with van der Waals surface area (Å²) in [5.41, 5.74) is 2.04. The summed E-state index contributed by atoms with van der Waals surface area (Å²) in [4.78, 5) is 45.4. The van der Waals surface area contributed by atoms with Gasteiger partial charge in [0.15, 0.2) is 5.69 Å². The van der Waals surface area contributed by atoms with Crippen LogP contribution in [0.4, 0.5) is 0 Å². The highest BCUT2D eigenvalue weighted by molar-refractivity contribution is 7.99. The van der Waals surface area contributed by atoms with E-state index >= 15 is 0 Å². The number of amides is 2. The van der Waals surface area contributed by atoms with Crippen LogP contribution in [0.3, 0.4) is 0 Å². The van der Waals surface area contributed by atoms with E-state index < -0.39 is 17.9 Å². The SMILES string of the molecule is C#CC.CNC(=CCSCC(NC(=O)CC1=CCCCC1)C(C)C)c1nc(C(=O)NC(C)C(=NCC(=O)OC)OC)c(C)o1. The van der Waals surface area contributed by atoms with Crippen molar-refractivity contribution < 1.29 is 28.3 Å². The maximum absolute atomic E-state index is 12.9. The van der Waals surface area contributed by atoms with Gasteiger partial charge in [0.25, 0.3) is 5.91 Å². The van der Waals surface area contributed by atoms with E-state index in [9.17, 15) is 14.4 Å². The second-order valence-corrected chi connectivity index (χ2v) is 11.5. The first-order valence-electron chi connectivity index (χ1n) is 14.7. The smallest absolute Gasteiger partial charge is 0.327 e. The summed E-state index contributed by atoms with van der Waals surface area (Å²) in [6, 6.07) is -0.543. The molecule has 2 atom stereocenters. The van der Waals surface area contributed by atoms with E-state index in [1.54, 1.807) is 39.6 Å². The van der Waals surface area contributed by atoms with Crippen LogP contribution in [-0.4, -0.2) is 80.1 Å². The molecule has 0 saturated heterocycles. The third kappa shape index (κ3) is 13.7. The predicted molar refractivity (Wildman–Crippen MR) is 176 cm³/mol. The average molecular weight is 632 g/mol. The topological polar surface area (TPSA) is 144 Å². The number of aliphatic imine (C=N–C) groups is 1. The van der Waals surface area contributed by atoms with Crippen molar-refractivity contribution >= 4 is 41.1 Å². The zero-order chi connectivity index (χ0) is 33.1. The van der Waals surface area contributed by atoms with Gasteiger partial charge in [-0.2, -0.15) is 11.8 Å². The third-order valence-corrected chi connectivity index (χ3v) is 7.65. The normalized spacial score (nSPS) is 14.7. The summed E-state index contributed by atoms with van der Waals surface area (Å²) >= 11 is 1.70. The molecule has 12 heteroatoms. The lowest BCUT2D eigenvalue weighted by atomic mass is 9.96. The van der Waals surface area contributed by atoms with E-state index in [-0.39, 0.29) is 30.1 Å². The van der Waals surface area contributed by atoms with Crippen molar-refractivity contribution in [3.05, 3.63) is 35.1 Å². The van der Waals surface area contributed by atoms with Gasteiger partial charge in [0.2, 0.25) is 17.7 Å². The fourth-order valence-electron chi connectivity index (χ4n) is 4.20. The molecule has 2 amide bonds. The van der Waals surface area contributed by atoms with Crippen molar-refractivity contribution in [1.82, 2.24) is 20.9 Å². The Morgan fingerprint density at radius 3 is 2.48 bits per heavy atom. The van der Waals surface area contributed by atoms with E-state index in [1.165, 1.54) is 32.6 Å². The quantitative estimate of drug-likeness (QED) is 0.0645. The number of nitrogens with one attached hydrogen (secondary N) is 3. The van der Waals surface area contributed by atoms with E-state index in [4.69, 9.17) is 9.15 Å². The van der Waals surface area contributed by atoms with Crippen LogP contribution >= 0.6 is 11.8 Å². The lowest BCUT2D eigenvalue weighted by Gasteiger charge is -2.23. The Morgan fingerprint density at radius 1 is 1.20 bits per heavy atom. The minimum absolute atomic E-state index is 0.0672. The van der Waals surface area contributed by atoms with Crippen LogP contribution in [0, 0.1) is 25.2 Å². The Bertz CT molecular complexity index is 1210. The zero-order valence-corrected chi connectivity index (χ0v) is 28.2. The Morgan fingerprint density at radius 2 is 1.91 bits per heavy atom. The Labute approximate surface area is 266 Å². The molecule has 244 valence electrons. The van der Waals surface area contributed by atoms with Crippen LogP contribution < -0.4 is 16.0 Å². The Kier molecular flexibility index (Phi) is 18.3. The van der Waals surface area contributed by atoms with Crippen LogP contribution in [-0.2, 0) is 19.1 Å². The molecule has 1 heterocycles. The molecule has 1 aliphatic rings. The number of rotatable bonds is 15. The lowest BCUT2D eigenvalue weighted by Crippen LogP contribution is -2.40. The van der Waals surface area contributed by atoms with Crippen LogP contribution in [0.15, 0.2) is 27.1 Å². The number of esters is 1. The van der Waals surface area contributed by atoms with Gasteiger partial charge in [-0.1, -0.05) is 25.5 Å². The van der Waals surface area contributed by atoms with E-state index in [0.29, 0.717) is 35.4 Å². The van der Waals surface area contributed by atoms with Crippen LogP contribution in [0.2, 0.25) is 0 Å². The van der Waals surface area contributed by atoms with Gasteiger partial charge in [0.05, 0.1) is 19.9 Å². The molecule has 1 aromatic rings. The highest BCUT2D eigenvalue weighted by Crippen LogP contribution is 2.21. The van der Waals surface area contributed by atoms with Gasteiger partial charge in [0.1, 0.15) is 18.3 Å². The fourth-order valence-corrected chi connectivity index (χ4v) is 5.34. The number of allylic oxidation sites excluding steroid dienone is 1. The maximum atomic E-state index is 12.9. The summed E-state index contributed by atoms with van der Waals surface area (Å²) in [5.74, 6) is 3.94. The number of methoxy groups -OCH3 is 2. The number of nitrogens with zero attached hydrogens (tertiary/aromatic N) is 2. The molecule has 44 heavy (non-hydrogen) atoms. The number of carbonyl (C=O) groups excluding carboxylic acids is 3. The highest BCUT2D eigenvalue weighted by atomic mass is 32.2. The van der Waals surface area contributed by atoms with Crippen molar-refractivity contribution in [1.29, 1.82) is 0 Å². The minimum atomic E-state index is -0.610. The summed E-state index contributed by atoms with van der Waals surface area (Å²) in [7, 11) is 4.44. The zero-order valence-electron chi connectivity index (χ0n) is 27.4. The van der Waals surface area contributed by atoms with Crippen LogP contribution in [0.5, 0.6) is 0 Å². The molecule has 0 spiro atoms. The molecule has 1 aromatic heterocycles. The molecule has 0 aromatic carbocycles. The van der Waals surface area contributed by atoms with Crippen molar-refractivity contribution in [3.8, 4) is 12.3 Å². The molecule has 0 fully saturated rings. The van der Waals surface area contributed by atoms with Gasteiger partial charge in [-0.15, -0.1) is 12.3 Å². The van der Waals surface area contributed by atoms with E-state index in [2.05, 4.69) is 62.9 Å². The number of hydrogen-bond acceptors (Lipinski definition) is 10. The Hall–Kier alpha value is -3.72. The number of aryl methyl sites for hydroxylation is 1. The number of carbonyl (C=O) groups is 3. The van der Waals surface area contributed by atoms with E-state index in [0.717, 1.165) is 18.6 Å². The van der Waals surface area contributed by atoms with Crippen molar-refractivity contribution in [2.75, 3.05) is 39.3 Å². The molecule has 1 aliphatic carbocycles. The van der Waals surface area contributed by atoms with Crippen LogP contribution in [0.25, 0.3) is 5.70 Å². The first-order valence-corrected chi connectivity index (χ1v) is 15.9. The van der Waals surface area contributed by atoms with Gasteiger partial charge < -0.3 is 29.8 Å². The second kappa shape index (κ2) is 21.1. The van der Waals surface area contributed by atoms with Gasteiger partial charge in [-0.05, 0) is 58.4 Å². The van der Waals surface area contributed by atoms with Gasteiger partial charge in [0, 0.05) is 31.0 Å². The molecule has 0 aliphatic heterocycles. The largest absolute Gasteiger partial charge is 0.483 e. The Balaban J connectivity index is 0.00000309. The first-order chi connectivity index (χ1) is 21.0.